The molecule has 4 nitrogen and oxygen atoms in total. The van der Waals surface area contributed by atoms with E-state index in [4.69, 9.17) is 0 Å². The number of benzene rings is 2. The Morgan fingerprint density at radius 1 is 1.00 bits per heavy atom. The molecule has 0 aliphatic rings. The molecule has 2 aromatic carbocycles. The van der Waals surface area contributed by atoms with Crippen LogP contribution in [0.2, 0.25) is 0 Å². The quantitative estimate of drug-likeness (QED) is 0.661. The van der Waals surface area contributed by atoms with Crippen LogP contribution in [-0.4, -0.2) is 17.9 Å². The second kappa shape index (κ2) is 8.81. The number of carbonyl (C=O) groups is 1. The highest BCUT2D eigenvalue weighted by Gasteiger charge is 2.04. The summed E-state index contributed by atoms with van der Waals surface area (Å²) in [6, 6.07) is 20.1. The summed E-state index contributed by atoms with van der Waals surface area (Å²) in [5, 5.41) is 2.92. The number of hydrogen-bond acceptors (Lipinski definition) is 3. The van der Waals surface area contributed by atoms with Crippen LogP contribution in [0.3, 0.4) is 0 Å². The third-order valence-electron chi connectivity index (χ3n) is 4.44. The van der Waals surface area contributed by atoms with Crippen molar-refractivity contribution >= 4 is 23.4 Å². The van der Waals surface area contributed by atoms with Crippen molar-refractivity contribution in [2.45, 2.75) is 13.5 Å². The molecule has 3 rings (SSSR count). The van der Waals surface area contributed by atoms with E-state index >= 15 is 0 Å². The second-order valence-electron chi connectivity index (χ2n) is 6.34. The van der Waals surface area contributed by atoms with Gasteiger partial charge in [0.05, 0.1) is 0 Å². The molecule has 27 heavy (non-hydrogen) atoms. The first-order valence-corrected chi connectivity index (χ1v) is 8.88. The van der Waals surface area contributed by atoms with Crippen LogP contribution in [0.5, 0.6) is 0 Å². The molecule has 0 aliphatic carbocycles. The molecule has 0 fully saturated rings. The van der Waals surface area contributed by atoms with Gasteiger partial charge in [0, 0.05) is 43.4 Å². The van der Waals surface area contributed by atoms with Gasteiger partial charge in [-0.2, -0.15) is 0 Å². The van der Waals surface area contributed by atoms with Gasteiger partial charge in [-0.05, 0) is 54.0 Å². The van der Waals surface area contributed by atoms with Gasteiger partial charge in [-0.1, -0.05) is 36.4 Å². The van der Waals surface area contributed by atoms with E-state index in [2.05, 4.69) is 15.2 Å². The lowest BCUT2D eigenvalue weighted by Crippen LogP contribution is -2.20. The van der Waals surface area contributed by atoms with Gasteiger partial charge >= 0.3 is 0 Å². The molecule has 136 valence electrons. The molecule has 0 unspecified atom stereocenters. The van der Waals surface area contributed by atoms with Gasteiger partial charge in [-0.3, -0.25) is 9.78 Å². The van der Waals surface area contributed by atoms with Gasteiger partial charge in [-0.25, -0.2) is 0 Å². The Balaban J connectivity index is 1.56. The van der Waals surface area contributed by atoms with Crippen molar-refractivity contribution in [1.82, 2.24) is 10.3 Å². The molecule has 0 aliphatic heterocycles. The van der Waals surface area contributed by atoms with E-state index in [1.807, 2.05) is 80.7 Å². The summed E-state index contributed by atoms with van der Waals surface area (Å²) in [6.45, 7) is 2.53. The predicted octanol–water partition coefficient (Wildman–Crippen LogP) is 4.49. The molecule has 4 heteroatoms. The molecule has 1 amide bonds. The van der Waals surface area contributed by atoms with Gasteiger partial charge in [-0.15, -0.1) is 0 Å². The number of rotatable bonds is 6. The van der Waals surface area contributed by atoms with Crippen LogP contribution in [0.1, 0.15) is 16.7 Å². The summed E-state index contributed by atoms with van der Waals surface area (Å²) in [7, 11) is 2.02. The minimum absolute atomic E-state index is 0.101. The van der Waals surface area contributed by atoms with Crippen LogP contribution < -0.4 is 10.2 Å². The van der Waals surface area contributed by atoms with Crippen molar-refractivity contribution < 1.29 is 4.79 Å². The zero-order valence-corrected chi connectivity index (χ0v) is 15.6. The van der Waals surface area contributed by atoms with Crippen LogP contribution in [0, 0.1) is 6.92 Å². The maximum atomic E-state index is 12.0. The lowest BCUT2D eigenvalue weighted by Gasteiger charge is -2.19. The molecule has 0 spiro atoms. The number of aryl methyl sites for hydroxylation is 1. The first-order valence-electron chi connectivity index (χ1n) is 8.88. The first-order chi connectivity index (χ1) is 13.1. The topological polar surface area (TPSA) is 45.2 Å². The number of hydrogen-bond donors (Lipinski definition) is 1. The molecule has 1 aromatic heterocycles. The largest absolute Gasteiger partial charge is 0.348 e. The molecule has 0 saturated carbocycles. The van der Waals surface area contributed by atoms with Crippen molar-refractivity contribution in [3.8, 4) is 0 Å². The molecular formula is C23H23N3O. The number of carbonyl (C=O) groups excluding carboxylic acids is 1. The minimum Gasteiger partial charge on any atom is -0.348 e. The zero-order chi connectivity index (χ0) is 19.1. The zero-order valence-electron chi connectivity index (χ0n) is 15.6. The third kappa shape index (κ3) is 5.05. The molecule has 3 aromatic rings. The van der Waals surface area contributed by atoms with Crippen molar-refractivity contribution in [2.24, 2.45) is 0 Å². The molecule has 1 N–H and O–H groups in total. The number of nitrogens with one attached hydrogen (secondary N) is 1. The van der Waals surface area contributed by atoms with Crippen molar-refractivity contribution in [1.29, 1.82) is 0 Å². The van der Waals surface area contributed by atoms with Crippen LogP contribution >= 0.6 is 0 Å². The molecule has 1 heterocycles. The highest BCUT2D eigenvalue weighted by molar-refractivity contribution is 5.91. The summed E-state index contributed by atoms with van der Waals surface area (Å²) in [5.41, 5.74) is 5.41. The number of aromatic nitrogens is 1. The Morgan fingerprint density at radius 2 is 1.67 bits per heavy atom. The molecule has 0 radical (unpaired) electrons. The SMILES string of the molecule is Cc1ccccc1C=CC(=O)NCc1ccc(N(C)c2ccncc2)cc1. The van der Waals surface area contributed by atoms with Gasteiger partial charge < -0.3 is 10.2 Å². The van der Waals surface area contributed by atoms with Crippen molar-refractivity contribution in [3.63, 3.8) is 0 Å². The molecule has 0 saturated heterocycles. The van der Waals surface area contributed by atoms with Gasteiger partial charge in [0.25, 0.3) is 0 Å². The standard InChI is InChI=1S/C23H23N3O/c1-18-5-3-4-6-20(18)9-12-23(27)25-17-19-7-10-21(11-8-19)26(2)22-13-15-24-16-14-22/h3-16H,17H2,1-2H3,(H,25,27). The first kappa shape index (κ1) is 18.4. The van der Waals surface area contributed by atoms with E-state index in [0.29, 0.717) is 6.54 Å². The maximum absolute atomic E-state index is 12.0. The smallest absolute Gasteiger partial charge is 0.244 e. The van der Waals surface area contributed by atoms with Gasteiger partial charge in [0.1, 0.15) is 0 Å². The summed E-state index contributed by atoms with van der Waals surface area (Å²) in [5.74, 6) is -0.101. The van der Waals surface area contributed by atoms with E-state index in [1.165, 1.54) is 0 Å². The fraction of sp³-hybridized carbons (Fsp3) is 0.130. The Bertz CT molecular complexity index is 918. The van der Waals surface area contributed by atoms with E-state index in [1.54, 1.807) is 18.5 Å². The van der Waals surface area contributed by atoms with Crippen LogP contribution in [-0.2, 0) is 11.3 Å². The van der Waals surface area contributed by atoms with Crippen LogP contribution in [0.25, 0.3) is 6.08 Å². The molecule has 0 atom stereocenters. The number of nitrogens with zero attached hydrogens (tertiary/aromatic N) is 2. The summed E-state index contributed by atoms with van der Waals surface area (Å²) < 4.78 is 0. The summed E-state index contributed by atoms with van der Waals surface area (Å²) in [6.07, 6.45) is 6.98. The Hall–Kier alpha value is -3.40. The highest BCUT2D eigenvalue weighted by Crippen LogP contribution is 2.22. The van der Waals surface area contributed by atoms with Gasteiger partial charge in [0.15, 0.2) is 0 Å². The van der Waals surface area contributed by atoms with Gasteiger partial charge in [0.2, 0.25) is 5.91 Å². The monoisotopic (exact) mass is 357 g/mol. The van der Waals surface area contributed by atoms with E-state index in [0.717, 1.165) is 28.1 Å². The van der Waals surface area contributed by atoms with Crippen LogP contribution in [0.4, 0.5) is 11.4 Å². The maximum Gasteiger partial charge on any atom is 0.244 e. The van der Waals surface area contributed by atoms with Crippen LogP contribution in [0.15, 0.2) is 79.1 Å². The molecular weight excluding hydrogens is 334 g/mol. The normalized spacial score (nSPS) is 10.7. The Kier molecular flexibility index (Phi) is 6.00. The van der Waals surface area contributed by atoms with E-state index in [-0.39, 0.29) is 5.91 Å². The van der Waals surface area contributed by atoms with E-state index < -0.39 is 0 Å². The third-order valence-corrected chi connectivity index (χ3v) is 4.44. The summed E-state index contributed by atoms with van der Waals surface area (Å²) in [4.78, 5) is 18.2. The number of anilines is 2. The van der Waals surface area contributed by atoms with E-state index in [9.17, 15) is 4.79 Å². The highest BCUT2D eigenvalue weighted by atomic mass is 16.1. The summed E-state index contributed by atoms with van der Waals surface area (Å²) >= 11 is 0. The van der Waals surface area contributed by atoms with Crippen molar-refractivity contribution in [2.75, 3.05) is 11.9 Å². The Morgan fingerprint density at radius 3 is 2.37 bits per heavy atom. The Labute approximate surface area is 160 Å². The minimum atomic E-state index is -0.101. The lowest BCUT2D eigenvalue weighted by molar-refractivity contribution is -0.116. The molecule has 0 bridgehead atoms. The fourth-order valence-corrected chi connectivity index (χ4v) is 2.74. The number of pyridine rings is 1. The second-order valence-corrected chi connectivity index (χ2v) is 6.34. The average molecular weight is 357 g/mol. The van der Waals surface area contributed by atoms with Crippen molar-refractivity contribution in [3.05, 3.63) is 95.8 Å². The fourth-order valence-electron chi connectivity index (χ4n) is 2.74. The predicted molar refractivity (Wildman–Crippen MR) is 111 cm³/mol. The average Bonchev–Trinajstić information content (AvgIpc) is 2.72. The number of amides is 1. The lowest BCUT2D eigenvalue weighted by atomic mass is 10.1.